The number of ketones is 1. The number of hydrogen-bond acceptors (Lipinski definition) is 4. The number of rotatable bonds is 5. The Bertz CT molecular complexity index is 767. The van der Waals surface area contributed by atoms with Gasteiger partial charge in [-0.25, -0.2) is 4.89 Å². The molecule has 0 bridgehead atoms. The predicted octanol–water partition coefficient (Wildman–Crippen LogP) is 5.96. The molecule has 4 aliphatic rings. The molecule has 174 valence electrons. The molecule has 3 saturated carbocycles. The van der Waals surface area contributed by atoms with Crippen LogP contribution < -0.4 is 0 Å². The molecule has 0 aromatic rings. The van der Waals surface area contributed by atoms with E-state index >= 15 is 0 Å². The van der Waals surface area contributed by atoms with Crippen molar-refractivity contribution in [3.05, 3.63) is 23.8 Å². The monoisotopic (exact) mass is 430 g/mol. The van der Waals surface area contributed by atoms with Crippen molar-refractivity contribution in [2.24, 2.45) is 40.4 Å². The first-order valence-corrected chi connectivity index (χ1v) is 12.4. The van der Waals surface area contributed by atoms with Gasteiger partial charge in [0.2, 0.25) is 0 Å². The zero-order valence-electron chi connectivity index (χ0n) is 20.1. The molecule has 3 fully saturated rings. The van der Waals surface area contributed by atoms with Gasteiger partial charge in [0.25, 0.3) is 0 Å². The SMILES string of the molecule is CC(CC=CC(C)(C)OO)C1CCC2C3CC(O)C4=CC(=O)CCC4(C)C3CCC12C. The van der Waals surface area contributed by atoms with Crippen molar-refractivity contribution in [3.63, 3.8) is 0 Å². The molecule has 0 radical (unpaired) electrons. The lowest BCUT2D eigenvalue weighted by atomic mass is 9.46. The Morgan fingerprint density at radius 1 is 1.23 bits per heavy atom. The van der Waals surface area contributed by atoms with Gasteiger partial charge in [0.15, 0.2) is 5.78 Å². The molecule has 8 atom stereocenters. The van der Waals surface area contributed by atoms with Crippen molar-refractivity contribution < 1.29 is 20.0 Å². The Kier molecular flexibility index (Phi) is 6.07. The Morgan fingerprint density at radius 3 is 2.68 bits per heavy atom. The van der Waals surface area contributed by atoms with Crippen LogP contribution in [0.1, 0.15) is 86.0 Å². The van der Waals surface area contributed by atoms with Crippen LogP contribution in [0.15, 0.2) is 23.8 Å². The first-order chi connectivity index (χ1) is 14.5. The van der Waals surface area contributed by atoms with E-state index in [9.17, 15) is 9.90 Å². The van der Waals surface area contributed by atoms with Crippen LogP contribution in [0.4, 0.5) is 0 Å². The van der Waals surface area contributed by atoms with Gasteiger partial charge in [-0.05, 0) is 111 Å². The quantitative estimate of drug-likeness (QED) is 0.321. The topological polar surface area (TPSA) is 66.8 Å². The maximum Gasteiger partial charge on any atom is 0.155 e. The molecule has 0 aliphatic heterocycles. The molecule has 8 unspecified atom stereocenters. The van der Waals surface area contributed by atoms with E-state index in [4.69, 9.17) is 5.26 Å². The first-order valence-electron chi connectivity index (χ1n) is 12.4. The number of hydrogen-bond donors (Lipinski definition) is 2. The second-order valence-corrected chi connectivity index (χ2v) is 12.2. The van der Waals surface area contributed by atoms with Crippen molar-refractivity contribution in [2.45, 2.75) is 97.7 Å². The maximum atomic E-state index is 12.1. The van der Waals surface area contributed by atoms with Crippen LogP contribution in [0.2, 0.25) is 0 Å². The van der Waals surface area contributed by atoms with Crippen LogP contribution in [-0.2, 0) is 9.68 Å². The molecule has 4 rings (SSSR count). The van der Waals surface area contributed by atoms with Crippen LogP contribution >= 0.6 is 0 Å². The van der Waals surface area contributed by atoms with E-state index in [1.807, 2.05) is 19.9 Å². The highest BCUT2D eigenvalue weighted by atomic mass is 17.1. The predicted molar refractivity (Wildman–Crippen MR) is 122 cm³/mol. The number of aliphatic hydroxyl groups is 1. The third-order valence-corrected chi connectivity index (χ3v) is 10.00. The Labute approximate surface area is 188 Å². The molecule has 4 aliphatic carbocycles. The Balaban J connectivity index is 1.52. The van der Waals surface area contributed by atoms with E-state index < -0.39 is 11.7 Å². The summed E-state index contributed by atoms with van der Waals surface area (Å²) in [6.45, 7) is 11.0. The van der Waals surface area contributed by atoms with Crippen LogP contribution in [0.5, 0.6) is 0 Å². The third-order valence-electron chi connectivity index (χ3n) is 10.00. The van der Waals surface area contributed by atoms with E-state index in [-0.39, 0.29) is 11.2 Å². The fraction of sp³-hybridized carbons (Fsp3) is 0.815. The van der Waals surface area contributed by atoms with E-state index in [0.717, 1.165) is 24.8 Å². The zero-order chi connectivity index (χ0) is 22.6. The lowest BCUT2D eigenvalue weighted by Gasteiger charge is -2.59. The Morgan fingerprint density at radius 2 is 1.97 bits per heavy atom. The molecule has 0 aromatic carbocycles. The second-order valence-electron chi connectivity index (χ2n) is 12.2. The van der Waals surface area contributed by atoms with Gasteiger partial charge in [-0.3, -0.25) is 10.1 Å². The average Bonchev–Trinajstić information content (AvgIpc) is 3.07. The average molecular weight is 431 g/mol. The normalized spacial score (nSPS) is 43.9. The van der Waals surface area contributed by atoms with Gasteiger partial charge < -0.3 is 5.11 Å². The minimum absolute atomic E-state index is 0.000108. The van der Waals surface area contributed by atoms with Gasteiger partial charge in [-0.15, -0.1) is 0 Å². The maximum absolute atomic E-state index is 12.1. The number of carbonyl (C=O) groups excluding carboxylic acids is 1. The molecule has 0 heterocycles. The highest BCUT2D eigenvalue weighted by Crippen LogP contribution is 2.67. The smallest absolute Gasteiger partial charge is 0.155 e. The lowest BCUT2D eigenvalue weighted by molar-refractivity contribution is -0.297. The highest BCUT2D eigenvalue weighted by Gasteiger charge is 2.60. The molecule has 4 nitrogen and oxygen atoms in total. The summed E-state index contributed by atoms with van der Waals surface area (Å²) in [5, 5.41) is 20.1. The van der Waals surface area contributed by atoms with Crippen LogP contribution in [0.25, 0.3) is 0 Å². The summed E-state index contributed by atoms with van der Waals surface area (Å²) < 4.78 is 0. The van der Waals surface area contributed by atoms with Crippen molar-refractivity contribution >= 4 is 5.78 Å². The van der Waals surface area contributed by atoms with Crippen LogP contribution in [-0.4, -0.2) is 27.9 Å². The van der Waals surface area contributed by atoms with Gasteiger partial charge in [-0.1, -0.05) is 32.9 Å². The molecule has 4 heteroatoms. The van der Waals surface area contributed by atoms with Gasteiger partial charge in [0.1, 0.15) is 5.60 Å². The molecule has 0 saturated heterocycles. The van der Waals surface area contributed by atoms with E-state index in [2.05, 4.69) is 31.7 Å². The minimum Gasteiger partial charge on any atom is -0.389 e. The first kappa shape index (κ1) is 23.2. The lowest BCUT2D eigenvalue weighted by Crippen LogP contribution is -2.54. The summed E-state index contributed by atoms with van der Waals surface area (Å²) in [4.78, 5) is 16.6. The minimum atomic E-state index is -0.639. The van der Waals surface area contributed by atoms with Crippen molar-refractivity contribution in [1.82, 2.24) is 0 Å². The molecular formula is C27H42O4. The van der Waals surface area contributed by atoms with Gasteiger partial charge in [-0.2, -0.15) is 0 Å². The number of fused-ring (bicyclic) bond motifs is 5. The Hall–Kier alpha value is -0.970. The number of aliphatic hydroxyl groups excluding tert-OH is 1. The van der Waals surface area contributed by atoms with Gasteiger partial charge in [0.05, 0.1) is 6.10 Å². The summed E-state index contributed by atoms with van der Waals surface area (Å²) in [7, 11) is 0. The largest absolute Gasteiger partial charge is 0.389 e. The van der Waals surface area contributed by atoms with Crippen molar-refractivity contribution in [2.75, 3.05) is 0 Å². The molecule has 2 N–H and O–H groups in total. The summed E-state index contributed by atoms with van der Waals surface area (Å²) in [5.74, 6) is 3.32. The van der Waals surface area contributed by atoms with Crippen LogP contribution in [0.3, 0.4) is 0 Å². The zero-order valence-corrected chi connectivity index (χ0v) is 20.1. The summed E-state index contributed by atoms with van der Waals surface area (Å²) >= 11 is 0. The van der Waals surface area contributed by atoms with Gasteiger partial charge >= 0.3 is 0 Å². The summed E-state index contributed by atoms with van der Waals surface area (Å²) in [5.41, 5.74) is 0.731. The molecular weight excluding hydrogens is 388 g/mol. The standard InChI is InChI=1S/C27H42O4/c1-17(7-6-12-25(2,3)31-30)20-8-9-21-19-16-24(29)23-15-18(28)10-13-27(23,5)22(19)11-14-26(20,21)4/h6,12,15,17,19-22,24,29-30H,7-11,13-14,16H2,1-5H3. The van der Waals surface area contributed by atoms with Gasteiger partial charge in [0, 0.05) is 6.42 Å². The number of carbonyl (C=O) groups is 1. The molecule has 31 heavy (non-hydrogen) atoms. The van der Waals surface area contributed by atoms with E-state index in [1.54, 1.807) is 6.08 Å². The fourth-order valence-electron chi connectivity index (χ4n) is 8.34. The number of allylic oxidation sites excluding steroid dienone is 1. The molecule has 0 spiro atoms. The third kappa shape index (κ3) is 3.87. The van der Waals surface area contributed by atoms with E-state index in [1.165, 1.54) is 25.7 Å². The molecule has 0 aromatic heterocycles. The summed E-state index contributed by atoms with van der Waals surface area (Å²) in [6, 6.07) is 0. The fourth-order valence-corrected chi connectivity index (χ4v) is 8.34. The highest BCUT2D eigenvalue weighted by molar-refractivity contribution is 5.91. The van der Waals surface area contributed by atoms with Crippen molar-refractivity contribution in [3.8, 4) is 0 Å². The molecule has 0 amide bonds. The van der Waals surface area contributed by atoms with Crippen LogP contribution in [0, 0.1) is 40.4 Å². The second kappa shape index (κ2) is 8.11. The summed E-state index contributed by atoms with van der Waals surface area (Å²) in [6.07, 6.45) is 13.9. The van der Waals surface area contributed by atoms with Crippen molar-refractivity contribution in [1.29, 1.82) is 0 Å². The van der Waals surface area contributed by atoms with E-state index in [0.29, 0.717) is 41.4 Å².